The number of carbonyl (C=O) groups excluding carboxylic acids is 4. The fourth-order valence-electron chi connectivity index (χ4n) is 8.97. The van der Waals surface area contributed by atoms with Crippen LogP contribution in [-0.4, -0.2) is 102 Å². The van der Waals surface area contributed by atoms with Crippen molar-refractivity contribution >= 4 is 34.6 Å². The van der Waals surface area contributed by atoms with Crippen molar-refractivity contribution in [1.29, 1.82) is 0 Å². The molecule has 13 heteroatoms. The number of methoxy groups -OCH3 is 1. The number of nitrogens with one attached hydrogen (secondary N) is 2. The van der Waals surface area contributed by atoms with Crippen LogP contribution in [0, 0.1) is 17.3 Å². The molecule has 4 atom stereocenters. The fourth-order valence-corrected chi connectivity index (χ4v) is 8.97. The molecule has 13 nitrogen and oxygen atoms in total. The first-order chi connectivity index (χ1) is 28.7. The number of hydrogen-bond donors (Lipinski definition) is 2. The quantitative estimate of drug-likeness (QED) is 0.198. The van der Waals surface area contributed by atoms with Crippen LogP contribution >= 0.6 is 0 Å². The van der Waals surface area contributed by atoms with E-state index >= 15 is 0 Å². The summed E-state index contributed by atoms with van der Waals surface area (Å²) >= 11 is 0. The van der Waals surface area contributed by atoms with Crippen LogP contribution in [0.15, 0.2) is 60.8 Å². The van der Waals surface area contributed by atoms with Crippen molar-refractivity contribution in [3.63, 3.8) is 0 Å². The average molecular weight is 821 g/mol. The van der Waals surface area contributed by atoms with Crippen molar-refractivity contribution in [2.24, 2.45) is 17.3 Å². The first kappa shape index (κ1) is 43.0. The second-order valence-electron chi connectivity index (χ2n) is 17.7. The molecule has 5 heterocycles. The number of hydrogen-bond acceptors (Lipinski definition) is 9. The lowest BCUT2D eigenvalue weighted by molar-refractivity contribution is -0.156. The van der Waals surface area contributed by atoms with Gasteiger partial charge in [-0.1, -0.05) is 58.0 Å². The zero-order valence-corrected chi connectivity index (χ0v) is 36.2. The van der Waals surface area contributed by atoms with E-state index in [1.165, 1.54) is 9.91 Å². The van der Waals surface area contributed by atoms with Gasteiger partial charge in [0.05, 0.1) is 43.2 Å². The molecule has 0 saturated carbocycles. The van der Waals surface area contributed by atoms with Crippen molar-refractivity contribution in [2.75, 3.05) is 40.5 Å². The number of fused-ring (bicyclic) bond motifs is 6. The summed E-state index contributed by atoms with van der Waals surface area (Å²) in [5.41, 5.74) is 10.6. The largest absolute Gasteiger partial charge is 0.464 e. The molecule has 3 aliphatic heterocycles. The lowest BCUT2D eigenvalue weighted by atomic mass is 9.84. The summed E-state index contributed by atoms with van der Waals surface area (Å²) in [6.45, 7) is 14.0. The minimum Gasteiger partial charge on any atom is -0.464 e. The highest BCUT2D eigenvalue weighted by atomic mass is 16.5. The van der Waals surface area contributed by atoms with Crippen molar-refractivity contribution < 1.29 is 33.4 Å². The summed E-state index contributed by atoms with van der Waals surface area (Å²) in [6, 6.07) is 16.1. The first-order valence-electron chi connectivity index (χ1n) is 21.3. The Balaban J connectivity index is 1.33. The molecular formula is C47H60N6O7. The molecule has 0 radical (unpaired) electrons. The van der Waals surface area contributed by atoms with E-state index in [1.54, 1.807) is 20.4 Å². The zero-order chi connectivity index (χ0) is 42.9. The van der Waals surface area contributed by atoms with Crippen LogP contribution in [0.25, 0.3) is 33.3 Å². The van der Waals surface area contributed by atoms with E-state index in [1.807, 2.05) is 39.0 Å². The Morgan fingerprint density at radius 3 is 2.53 bits per heavy atom. The van der Waals surface area contributed by atoms with Crippen molar-refractivity contribution in [1.82, 2.24) is 30.2 Å². The highest BCUT2D eigenvalue weighted by Crippen LogP contribution is 2.42. The maximum Gasteiger partial charge on any atom is 0.324 e. The van der Waals surface area contributed by atoms with Crippen LogP contribution in [0.3, 0.4) is 0 Å². The number of rotatable bonds is 9. The Kier molecular flexibility index (Phi) is 12.8. The number of esters is 1. The van der Waals surface area contributed by atoms with Crippen LogP contribution in [0.4, 0.5) is 0 Å². The van der Waals surface area contributed by atoms with Gasteiger partial charge in [0.1, 0.15) is 18.1 Å². The predicted molar refractivity (Wildman–Crippen MR) is 229 cm³/mol. The summed E-state index contributed by atoms with van der Waals surface area (Å²) < 4.78 is 19.5. The number of nitrogens with zero attached hydrogens (tertiary/aromatic N) is 4. The summed E-state index contributed by atoms with van der Waals surface area (Å²) in [5.74, 6) is -1.90. The van der Waals surface area contributed by atoms with Gasteiger partial charge in [0.15, 0.2) is 0 Å². The number of benzene rings is 2. The van der Waals surface area contributed by atoms with Gasteiger partial charge in [0.2, 0.25) is 11.8 Å². The monoisotopic (exact) mass is 820 g/mol. The van der Waals surface area contributed by atoms with Crippen molar-refractivity contribution in [3.8, 4) is 22.4 Å². The van der Waals surface area contributed by atoms with Gasteiger partial charge in [-0.05, 0) is 85.5 Å². The molecule has 2 aromatic carbocycles. The molecular weight excluding hydrogens is 761 g/mol. The van der Waals surface area contributed by atoms with E-state index in [-0.39, 0.29) is 42.8 Å². The molecule has 6 bridgehead atoms. The molecule has 2 fully saturated rings. The molecule has 0 spiro atoms. The number of cyclic esters (lactones) is 1. The Morgan fingerprint density at radius 1 is 1.07 bits per heavy atom. The average Bonchev–Trinajstić information content (AvgIpc) is 3.52. The van der Waals surface area contributed by atoms with E-state index in [0.29, 0.717) is 45.6 Å². The summed E-state index contributed by atoms with van der Waals surface area (Å²) in [4.78, 5) is 62.2. The van der Waals surface area contributed by atoms with Crippen LogP contribution < -0.4 is 10.7 Å². The molecule has 3 amide bonds. The van der Waals surface area contributed by atoms with Crippen LogP contribution in [0.2, 0.25) is 0 Å². The molecule has 60 heavy (non-hydrogen) atoms. The molecule has 2 aromatic heterocycles. The zero-order valence-electron chi connectivity index (χ0n) is 36.2. The number of ether oxygens (including phenoxy) is 3. The van der Waals surface area contributed by atoms with Gasteiger partial charge in [-0.25, -0.2) is 5.43 Å². The van der Waals surface area contributed by atoms with E-state index in [4.69, 9.17) is 19.2 Å². The third kappa shape index (κ3) is 8.71. The summed E-state index contributed by atoms with van der Waals surface area (Å²) in [5, 5.41) is 5.60. The van der Waals surface area contributed by atoms with Gasteiger partial charge in [0.25, 0.3) is 5.91 Å². The molecule has 7 rings (SSSR count). The molecule has 2 N–H and O–H groups in total. The van der Waals surface area contributed by atoms with E-state index in [2.05, 4.69) is 72.5 Å². The summed E-state index contributed by atoms with van der Waals surface area (Å²) in [7, 11) is 3.33. The number of aryl methyl sites for hydroxylation is 1. The van der Waals surface area contributed by atoms with Gasteiger partial charge in [0, 0.05) is 61.7 Å². The highest BCUT2D eigenvalue weighted by Gasteiger charge is 2.40. The van der Waals surface area contributed by atoms with Crippen molar-refractivity contribution in [2.45, 2.75) is 98.0 Å². The molecule has 3 aliphatic rings. The van der Waals surface area contributed by atoms with Crippen molar-refractivity contribution in [3.05, 3.63) is 77.6 Å². The summed E-state index contributed by atoms with van der Waals surface area (Å²) in [6.07, 6.45) is 3.41. The number of aromatic nitrogens is 2. The molecule has 4 aromatic rings. The predicted octanol–water partition coefficient (Wildman–Crippen LogP) is 5.88. The lowest BCUT2D eigenvalue weighted by Crippen LogP contribution is -2.62. The van der Waals surface area contributed by atoms with Crippen LogP contribution in [0.1, 0.15) is 77.3 Å². The minimum atomic E-state index is -0.997. The third-order valence-electron chi connectivity index (χ3n) is 12.3. The Bertz CT molecular complexity index is 2250. The van der Waals surface area contributed by atoms with Gasteiger partial charge in [-0.15, -0.1) is 0 Å². The van der Waals surface area contributed by atoms with E-state index in [9.17, 15) is 19.2 Å². The van der Waals surface area contributed by atoms with Crippen LogP contribution in [-0.2, 0) is 52.8 Å². The number of likely N-dealkylation sites (N-methyl/N-ethyl adjacent to an activating group) is 1. The SMILES string of the molecule is CCn1c(-c2cccnc2C(C)OC)c2c3cc(ccc31)-c1cccc(c1)CC(NC(=O)C(C(C)C)N(C)C(=O)C1COC1)C(=O)N1CCC[C@H](N1)C(=O)OCC(C)(C)C2. The first-order valence-corrected chi connectivity index (χ1v) is 21.3. The lowest BCUT2D eigenvalue weighted by Gasteiger charge is -2.37. The fraction of sp³-hybridized carbons (Fsp3) is 0.511. The number of pyridine rings is 1. The number of amides is 3. The maximum atomic E-state index is 14.5. The van der Waals surface area contributed by atoms with Gasteiger partial charge in [-0.3, -0.25) is 29.2 Å². The van der Waals surface area contributed by atoms with Crippen LogP contribution in [0.5, 0.6) is 0 Å². The second-order valence-corrected chi connectivity index (χ2v) is 17.7. The molecule has 320 valence electrons. The molecule has 0 aliphatic carbocycles. The maximum absolute atomic E-state index is 14.5. The van der Waals surface area contributed by atoms with E-state index in [0.717, 1.165) is 50.1 Å². The van der Waals surface area contributed by atoms with Gasteiger partial charge < -0.3 is 29.0 Å². The number of carbonyl (C=O) groups is 4. The number of hydrazine groups is 1. The third-order valence-corrected chi connectivity index (χ3v) is 12.3. The highest BCUT2D eigenvalue weighted by molar-refractivity contribution is 5.96. The van der Waals surface area contributed by atoms with E-state index < -0.39 is 35.4 Å². The topological polar surface area (TPSA) is 144 Å². The van der Waals surface area contributed by atoms with Gasteiger partial charge >= 0.3 is 5.97 Å². The Morgan fingerprint density at radius 2 is 1.83 bits per heavy atom. The minimum absolute atomic E-state index is 0.154. The molecule has 2 saturated heterocycles. The van der Waals surface area contributed by atoms with Gasteiger partial charge in [-0.2, -0.15) is 0 Å². The second kappa shape index (κ2) is 17.9. The normalized spacial score (nSPS) is 20.9. The molecule has 3 unspecified atom stereocenters. The Hall–Kier alpha value is -5.11. The Labute approximate surface area is 353 Å². The smallest absolute Gasteiger partial charge is 0.324 e. The standard InChI is InChI=1S/C47H60N6O7/c1-9-52-39-18-17-32-23-35(39)36(42(52)34-15-11-19-48-40(34)29(4)58-8)24-47(5,6)27-60-46(57)37-16-12-20-53(50-37)45(56)38(22-30-13-10-14-31(32)21-30)49-43(54)41(28(2)3)51(7)44(55)33-25-59-26-33/h10-11,13-15,17-19,21,23,28-29,33,37-38,41,50H,9,12,16,20,22,24-27H2,1-8H3,(H,49,54)/t29?,37-,38?,41?/m0/s1.